The van der Waals surface area contributed by atoms with Gasteiger partial charge in [0.1, 0.15) is 5.75 Å². The summed E-state index contributed by atoms with van der Waals surface area (Å²) in [4.78, 5) is 23.5. The summed E-state index contributed by atoms with van der Waals surface area (Å²) < 4.78 is 0. The molecular weight excluding hydrogens is 258 g/mol. The minimum atomic E-state index is -0.705. The molecule has 2 aromatic carbocycles. The highest BCUT2D eigenvalue weighted by atomic mass is 16.3. The Kier molecular flexibility index (Phi) is 3.85. The van der Waals surface area contributed by atoms with E-state index in [1.165, 1.54) is 18.2 Å². The van der Waals surface area contributed by atoms with E-state index in [-0.39, 0.29) is 17.0 Å². The van der Waals surface area contributed by atoms with E-state index in [9.17, 15) is 14.7 Å². The summed E-state index contributed by atoms with van der Waals surface area (Å²) in [7, 11) is 0. The van der Waals surface area contributed by atoms with Gasteiger partial charge in [-0.15, -0.1) is 0 Å². The molecule has 102 valence electrons. The van der Waals surface area contributed by atoms with E-state index in [1.807, 2.05) is 0 Å². The van der Waals surface area contributed by atoms with Crippen molar-refractivity contribution in [2.24, 2.45) is 0 Å². The first-order valence-electron chi connectivity index (χ1n) is 5.82. The number of benzene rings is 2. The van der Waals surface area contributed by atoms with Crippen LogP contribution in [-0.4, -0.2) is 17.0 Å². The summed E-state index contributed by atoms with van der Waals surface area (Å²) in [5.74, 6) is -0.581. The van der Waals surface area contributed by atoms with Crippen molar-refractivity contribution < 1.29 is 14.7 Å². The van der Waals surface area contributed by atoms with Crippen molar-refractivity contribution in [3.05, 3.63) is 54.1 Å². The molecule has 0 heterocycles. The van der Waals surface area contributed by atoms with E-state index in [2.05, 4.69) is 10.6 Å². The van der Waals surface area contributed by atoms with Crippen molar-refractivity contribution in [3.8, 4) is 5.75 Å². The molecule has 6 heteroatoms. The Morgan fingerprint density at radius 2 is 1.80 bits per heavy atom. The quantitative estimate of drug-likeness (QED) is 0.626. The summed E-state index contributed by atoms with van der Waals surface area (Å²) in [6, 6.07) is 11.7. The second-order valence-electron chi connectivity index (χ2n) is 4.05. The Morgan fingerprint density at radius 3 is 2.50 bits per heavy atom. The molecule has 0 aromatic heterocycles. The Balaban J connectivity index is 2.02. The van der Waals surface area contributed by atoms with Crippen LogP contribution in [-0.2, 0) is 0 Å². The largest absolute Gasteiger partial charge is 0.508 e. The first kappa shape index (κ1) is 13.4. The third kappa shape index (κ3) is 3.26. The van der Waals surface area contributed by atoms with Crippen LogP contribution in [0.1, 0.15) is 10.4 Å². The number of phenols is 1. The summed E-state index contributed by atoms with van der Waals surface area (Å²) in [5, 5.41) is 13.9. The van der Waals surface area contributed by atoms with Crippen LogP contribution < -0.4 is 16.4 Å². The van der Waals surface area contributed by atoms with Crippen LogP contribution in [0.15, 0.2) is 48.5 Å². The van der Waals surface area contributed by atoms with Crippen molar-refractivity contribution in [2.75, 3.05) is 11.1 Å². The lowest BCUT2D eigenvalue weighted by Gasteiger charge is -2.08. The number of anilines is 2. The van der Waals surface area contributed by atoms with Crippen molar-refractivity contribution in [1.29, 1.82) is 0 Å². The van der Waals surface area contributed by atoms with Gasteiger partial charge in [0.2, 0.25) is 0 Å². The number of para-hydroxylation sites is 1. The van der Waals surface area contributed by atoms with E-state index in [0.717, 1.165) is 0 Å². The lowest BCUT2D eigenvalue weighted by Crippen LogP contribution is -2.34. The zero-order chi connectivity index (χ0) is 14.5. The first-order chi connectivity index (χ1) is 9.56. The van der Waals surface area contributed by atoms with Gasteiger partial charge in [-0.2, -0.15) is 0 Å². The van der Waals surface area contributed by atoms with Gasteiger partial charge in [0.05, 0.1) is 5.56 Å². The molecule has 6 nitrogen and oxygen atoms in total. The number of hydrogen-bond donors (Lipinski definition) is 4. The molecule has 5 N–H and O–H groups in total. The minimum absolute atomic E-state index is 0.0152. The number of urea groups is 1. The monoisotopic (exact) mass is 271 g/mol. The van der Waals surface area contributed by atoms with Gasteiger partial charge in [-0.3, -0.25) is 10.1 Å². The van der Waals surface area contributed by atoms with E-state index >= 15 is 0 Å². The number of aromatic hydroxyl groups is 1. The molecule has 0 unspecified atom stereocenters. The fraction of sp³-hybridized carbons (Fsp3) is 0. The van der Waals surface area contributed by atoms with Gasteiger partial charge >= 0.3 is 6.03 Å². The van der Waals surface area contributed by atoms with E-state index < -0.39 is 11.9 Å². The molecule has 3 amide bonds. The molecule has 0 atom stereocenters. The Morgan fingerprint density at radius 1 is 1.05 bits per heavy atom. The van der Waals surface area contributed by atoms with Crippen LogP contribution in [0.5, 0.6) is 5.75 Å². The van der Waals surface area contributed by atoms with Crippen molar-refractivity contribution in [2.45, 2.75) is 0 Å². The van der Waals surface area contributed by atoms with Crippen LogP contribution in [0.2, 0.25) is 0 Å². The van der Waals surface area contributed by atoms with E-state index in [1.54, 1.807) is 30.3 Å². The van der Waals surface area contributed by atoms with Crippen LogP contribution in [0.25, 0.3) is 0 Å². The molecule has 2 rings (SSSR count). The van der Waals surface area contributed by atoms with Crippen molar-refractivity contribution in [1.82, 2.24) is 5.32 Å². The van der Waals surface area contributed by atoms with E-state index in [0.29, 0.717) is 5.69 Å². The molecule has 20 heavy (non-hydrogen) atoms. The number of nitrogens with two attached hydrogens (primary N) is 1. The second-order valence-corrected chi connectivity index (χ2v) is 4.05. The van der Waals surface area contributed by atoms with Crippen LogP contribution >= 0.6 is 0 Å². The number of amides is 3. The Labute approximate surface area is 115 Å². The highest BCUT2D eigenvalue weighted by Crippen LogP contribution is 2.15. The molecule has 0 aliphatic rings. The average Bonchev–Trinajstić information content (AvgIpc) is 2.38. The molecular formula is C14H13N3O3. The number of carbonyl (C=O) groups excluding carboxylic acids is 2. The lowest BCUT2D eigenvalue weighted by atomic mass is 10.2. The summed E-state index contributed by atoms with van der Waals surface area (Å²) in [6.45, 7) is 0. The highest BCUT2D eigenvalue weighted by molar-refractivity contribution is 6.10. The number of hydrogen-bond acceptors (Lipinski definition) is 4. The zero-order valence-electron chi connectivity index (χ0n) is 10.5. The maximum Gasteiger partial charge on any atom is 0.326 e. The molecule has 0 fully saturated rings. The molecule has 0 bridgehead atoms. The van der Waals surface area contributed by atoms with Gasteiger partial charge in [-0.05, 0) is 24.3 Å². The zero-order valence-corrected chi connectivity index (χ0v) is 10.5. The molecule has 0 radical (unpaired) electrons. The summed E-state index contributed by atoms with van der Waals surface area (Å²) >= 11 is 0. The van der Waals surface area contributed by atoms with E-state index in [4.69, 9.17) is 5.73 Å². The van der Waals surface area contributed by atoms with Crippen LogP contribution in [0, 0.1) is 0 Å². The SMILES string of the molecule is Nc1ccccc1C(=O)NC(=O)Nc1cccc(O)c1. The number of nitrogens with one attached hydrogen (secondary N) is 2. The topological polar surface area (TPSA) is 104 Å². The highest BCUT2D eigenvalue weighted by Gasteiger charge is 2.12. The van der Waals surface area contributed by atoms with Crippen molar-refractivity contribution in [3.63, 3.8) is 0 Å². The van der Waals surface area contributed by atoms with Crippen LogP contribution in [0.4, 0.5) is 16.2 Å². The number of carbonyl (C=O) groups is 2. The number of nitrogen functional groups attached to an aromatic ring is 1. The number of rotatable bonds is 2. The standard InChI is InChI=1S/C14H13N3O3/c15-12-7-2-1-6-11(12)13(19)17-14(20)16-9-4-3-5-10(18)8-9/h1-8,18H,15H2,(H2,16,17,19,20). The predicted molar refractivity (Wildman–Crippen MR) is 75.4 cm³/mol. The van der Waals surface area contributed by atoms with Gasteiger partial charge in [-0.25, -0.2) is 4.79 Å². The third-order valence-electron chi connectivity index (χ3n) is 2.54. The molecule has 0 spiro atoms. The molecule has 0 saturated carbocycles. The molecule has 2 aromatic rings. The predicted octanol–water partition coefficient (Wildman–Crippen LogP) is 1.94. The maximum absolute atomic E-state index is 11.8. The molecule has 0 saturated heterocycles. The molecule has 0 aliphatic heterocycles. The van der Waals surface area contributed by atoms with Gasteiger partial charge in [0.15, 0.2) is 0 Å². The maximum atomic E-state index is 11.8. The lowest BCUT2D eigenvalue weighted by molar-refractivity contribution is 0.0968. The fourth-order valence-electron chi connectivity index (χ4n) is 1.62. The van der Waals surface area contributed by atoms with Gasteiger partial charge in [-0.1, -0.05) is 18.2 Å². The average molecular weight is 271 g/mol. The minimum Gasteiger partial charge on any atom is -0.508 e. The van der Waals surface area contributed by atoms with Gasteiger partial charge in [0, 0.05) is 17.4 Å². The Bertz CT molecular complexity index is 656. The Hall–Kier alpha value is -3.02. The molecule has 0 aliphatic carbocycles. The smallest absolute Gasteiger partial charge is 0.326 e. The summed E-state index contributed by atoms with van der Waals surface area (Å²) in [5.41, 5.74) is 6.52. The van der Waals surface area contributed by atoms with Crippen LogP contribution in [0.3, 0.4) is 0 Å². The second kappa shape index (κ2) is 5.75. The normalized spacial score (nSPS) is 9.80. The number of imide groups is 1. The van der Waals surface area contributed by atoms with Crippen molar-refractivity contribution >= 4 is 23.3 Å². The number of phenolic OH excluding ortho intramolecular Hbond substituents is 1. The third-order valence-corrected chi connectivity index (χ3v) is 2.54. The van der Waals surface area contributed by atoms with Gasteiger partial charge in [0.25, 0.3) is 5.91 Å². The fourth-order valence-corrected chi connectivity index (χ4v) is 1.62. The van der Waals surface area contributed by atoms with Gasteiger partial charge < -0.3 is 16.2 Å². The first-order valence-corrected chi connectivity index (χ1v) is 5.82. The summed E-state index contributed by atoms with van der Waals surface area (Å²) in [6.07, 6.45) is 0.